The van der Waals surface area contributed by atoms with E-state index in [1.807, 2.05) is 6.20 Å². The van der Waals surface area contributed by atoms with Gasteiger partial charge in [-0.15, -0.1) is 0 Å². The van der Waals surface area contributed by atoms with E-state index in [1.165, 1.54) is 0 Å². The molecule has 0 aliphatic carbocycles. The Bertz CT molecular complexity index is 469. The molecule has 0 radical (unpaired) electrons. The molecule has 0 atom stereocenters. The lowest BCUT2D eigenvalue weighted by Crippen LogP contribution is -2.63. The maximum Gasteiger partial charge on any atom is 0.251 e. The minimum atomic E-state index is -2.33. The topological polar surface area (TPSA) is 44.9 Å². The number of nitrogens with zero attached hydrogens (tertiary/aromatic N) is 4. The molecule has 0 saturated carbocycles. The van der Waals surface area contributed by atoms with Crippen molar-refractivity contribution in [2.75, 3.05) is 19.6 Å². The van der Waals surface area contributed by atoms with Crippen LogP contribution in [0.15, 0.2) is 12.4 Å². The van der Waals surface area contributed by atoms with E-state index in [9.17, 15) is 8.78 Å². The average Bonchev–Trinajstić information content (AvgIpc) is 2.74. The third-order valence-corrected chi connectivity index (χ3v) is 3.60. The van der Waals surface area contributed by atoms with Gasteiger partial charge in [0.1, 0.15) is 5.54 Å². The molecule has 6 heteroatoms. The van der Waals surface area contributed by atoms with Crippen LogP contribution in [0.4, 0.5) is 8.78 Å². The van der Waals surface area contributed by atoms with Gasteiger partial charge in [-0.05, 0) is 11.5 Å². The lowest BCUT2D eigenvalue weighted by Gasteiger charge is -2.49. The first-order chi connectivity index (χ1) is 8.97. The molecule has 4 nitrogen and oxygen atoms in total. The Labute approximate surface area is 111 Å². The lowest BCUT2D eigenvalue weighted by atomic mass is 9.87. The van der Waals surface area contributed by atoms with Gasteiger partial charge in [-0.2, -0.15) is 10.4 Å². The number of halogens is 2. The van der Waals surface area contributed by atoms with Crippen LogP contribution in [-0.4, -0.2) is 40.7 Å². The predicted molar refractivity (Wildman–Crippen MR) is 67.0 cm³/mol. The number of hydrogen-bond donors (Lipinski definition) is 0. The standard InChI is InChI=1S/C13H18F2N4/c1-10(2)11-5-17-19(6-11)13(3-4-16)8-18(9-13)7-12(14)15/h5-6,10,12H,3,7-9H2,1-2H3. The Morgan fingerprint density at radius 2 is 2.16 bits per heavy atom. The highest BCUT2D eigenvalue weighted by Gasteiger charge is 2.45. The van der Waals surface area contributed by atoms with Crippen molar-refractivity contribution in [2.45, 2.75) is 38.2 Å². The highest BCUT2D eigenvalue weighted by molar-refractivity contribution is 5.14. The summed E-state index contributed by atoms with van der Waals surface area (Å²) < 4.78 is 26.4. The molecule has 0 aromatic carbocycles. The SMILES string of the molecule is CC(C)c1cnn(C2(CC#N)CN(CC(F)F)C2)c1. The maximum atomic E-state index is 12.3. The zero-order chi connectivity index (χ0) is 14.0. The molecule has 2 heterocycles. The van der Waals surface area contributed by atoms with E-state index in [-0.39, 0.29) is 6.54 Å². The van der Waals surface area contributed by atoms with Gasteiger partial charge in [0.05, 0.1) is 25.2 Å². The molecule has 104 valence electrons. The van der Waals surface area contributed by atoms with Crippen LogP contribution >= 0.6 is 0 Å². The summed E-state index contributed by atoms with van der Waals surface area (Å²) in [4.78, 5) is 1.67. The predicted octanol–water partition coefficient (Wildman–Crippen LogP) is 2.20. The van der Waals surface area contributed by atoms with Gasteiger partial charge in [0.25, 0.3) is 6.43 Å². The zero-order valence-corrected chi connectivity index (χ0v) is 11.2. The van der Waals surface area contributed by atoms with Crippen LogP contribution in [0.2, 0.25) is 0 Å². The van der Waals surface area contributed by atoms with E-state index in [0.29, 0.717) is 25.4 Å². The third kappa shape index (κ3) is 2.76. The Hall–Kier alpha value is -1.48. The Balaban J connectivity index is 2.11. The maximum absolute atomic E-state index is 12.3. The van der Waals surface area contributed by atoms with Gasteiger partial charge in [-0.25, -0.2) is 8.78 Å². The van der Waals surface area contributed by atoms with Crippen molar-refractivity contribution in [3.8, 4) is 6.07 Å². The first-order valence-electron chi connectivity index (χ1n) is 6.39. The number of hydrogen-bond acceptors (Lipinski definition) is 3. The van der Waals surface area contributed by atoms with Crippen LogP contribution in [0.5, 0.6) is 0 Å². The lowest BCUT2D eigenvalue weighted by molar-refractivity contribution is -0.0312. The molecule has 0 bridgehead atoms. The number of rotatable bonds is 5. The van der Waals surface area contributed by atoms with E-state index < -0.39 is 12.0 Å². The second-order valence-corrected chi connectivity index (χ2v) is 5.49. The molecule has 1 fully saturated rings. The molecule has 1 aliphatic rings. The summed E-state index contributed by atoms with van der Waals surface area (Å²) in [6.07, 6.45) is 1.69. The summed E-state index contributed by atoms with van der Waals surface area (Å²) in [5.41, 5.74) is 0.668. The van der Waals surface area contributed by atoms with Gasteiger partial charge in [0.2, 0.25) is 0 Å². The van der Waals surface area contributed by atoms with Crippen molar-refractivity contribution < 1.29 is 8.78 Å². The number of alkyl halides is 2. The van der Waals surface area contributed by atoms with Crippen LogP contribution in [-0.2, 0) is 5.54 Å². The summed E-state index contributed by atoms with van der Waals surface area (Å²) in [6, 6.07) is 2.15. The van der Waals surface area contributed by atoms with Gasteiger partial charge in [0, 0.05) is 19.3 Å². The molecule has 0 spiro atoms. The van der Waals surface area contributed by atoms with E-state index in [1.54, 1.807) is 15.8 Å². The quantitative estimate of drug-likeness (QED) is 0.822. The minimum Gasteiger partial charge on any atom is -0.293 e. The highest BCUT2D eigenvalue weighted by Crippen LogP contribution is 2.33. The minimum absolute atomic E-state index is 0.231. The van der Waals surface area contributed by atoms with Crippen molar-refractivity contribution >= 4 is 0 Å². The second-order valence-electron chi connectivity index (χ2n) is 5.49. The molecule has 0 N–H and O–H groups in total. The summed E-state index contributed by atoms with van der Waals surface area (Å²) in [5, 5.41) is 13.3. The molecule has 0 amide bonds. The molecule has 19 heavy (non-hydrogen) atoms. The first kappa shape index (κ1) is 13.9. The molecular formula is C13H18F2N4. The normalized spacial score (nSPS) is 18.6. The van der Waals surface area contributed by atoms with Gasteiger partial charge in [-0.1, -0.05) is 13.8 Å². The van der Waals surface area contributed by atoms with E-state index in [2.05, 4.69) is 25.0 Å². The Morgan fingerprint density at radius 3 is 2.63 bits per heavy atom. The van der Waals surface area contributed by atoms with Gasteiger partial charge < -0.3 is 0 Å². The molecule has 1 aromatic rings. The van der Waals surface area contributed by atoms with Crippen molar-refractivity contribution in [1.82, 2.24) is 14.7 Å². The van der Waals surface area contributed by atoms with Gasteiger partial charge in [-0.3, -0.25) is 9.58 Å². The van der Waals surface area contributed by atoms with Crippen LogP contribution in [0.3, 0.4) is 0 Å². The molecule has 0 unspecified atom stereocenters. The third-order valence-electron chi connectivity index (χ3n) is 3.60. The van der Waals surface area contributed by atoms with E-state index >= 15 is 0 Å². The number of aromatic nitrogens is 2. The van der Waals surface area contributed by atoms with Crippen molar-refractivity contribution in [1.29, 1.82) is 5.26 Å². The molecular weight excluding hydrogens is 250 g/mol. The van der Waals surface area contributed by atoms with Crippen LogP contribution < -0.4 is 0 Å². The monoisotopic (exact) mass is 268 g/mol. The molecule has 2 rings (SSSR count). The van der Waals surface area contributed by atoms with Gasteiger partial charge in [0.15, 0.2) is 0 Å². The van der Waals surface area contributed by atoms with Crippen LogP contribution in [0, 0.1) is 11.3 Å². The van der Waals surface area contributed by atoms with E-state index in [0.717, 1.165) is 5.56 Å². The fraction of sp³-hybridized carbons (Fsp3) is 0.692. The van der Waals surface area contributed by atoms with Crippen LogP contribution in [0.1, 0.15) is 31.7 Å². The average molecular weight is 268 g/mol. The first-order valence-corrected chi connectivity index (χ1v) is 6.39. The fourth-order valence-electron chi connectivity index (χ4n) is 2.49. The Morgan fingerprint density at radius 1 is 1.47 bits per heavy atom. The van der Waals surface area contributed by atoms with Crippen molar-refractivity contribution in [2.24, 2.45) is 0 Å². The molecule has 1 aliphatic heterocycles. The summed E-state index contributed by atoms with van der Waals surface area (Å²) in [5.74, 6) is 0.366. The molecule has 1 saturated heterocycles. The van der Waals surface area contributed by atoms with Crippen molar-refractivity contribution in [3.05, 3.63) is 18.0 Å². The zero-order valence-electron chi connectivity index (χ0n) is 11.2. The Kier molecular flexibility index (Phi) is 3.85. The smallest absolute Gasteiger partial charge is 0.251 e. The molecule has 1 aromatic heterocycles. The number of likely N-dealkylation sites (tertiary alicyclic amines) is 1. The second kappa shape index (κ2) is 5.25. The highest BCUT2D eigenvalue weighted by atomic mass is 19.3. The summed E-state index contributed by atoms with van der Waals surface area (Å²) in [7, 11) is 0. The largest absolute Gasteiger partial charge is 0.293 e. The summed E-state index contributed by atoms with van der Waals surface area (Å²) in [6.45, 7) is 4.84. The van der Waals surface area contributed by atoms with Crippen LogP contribution in [0.25, 0.3) is 0 Å². The number of nitriles is 1. The summed E-state index contributed by atoms with van der Waals surface area (Å²) >= 11 is 0. The van der Waals surface area contributed by atoms with Gasteiger partial charge >= 0.3 is 0 Å². The van der Waals surface area contributed by atoms with E-state index in [4.69, 9.17) is 5.26 Å². The fourth-order valence-corrected chi connectivity index (χ4v) is 2.49. The van der Waals surface area contributed by atoms with Crippen molar-refractivity contribution in [3.63, 3.8) is 0 Å².